The highest BCUT2D eigenvalue weighted by Crippen LogP contribution is 2.28. The zero-order valence-corrected chi connectivity index (χ0v) is 16.6. The maximum Gasteiger partial charge on any atom is 0.310 e. The molecule has 0 bridgehead atoms. The Kier molecular flexibility index (Phi) is 5.90. The van der Waals surface area contributed by atoms with Gasteiger partial charge < -0.3 is 14.1 Å². The molecule has 0 saturated carbocycles. The molecule has 1 atom stereocenters. The van der Waals surface area contributed by atoms with Crippen molar-refractivity contribution >= 4 is 21.9 Å². The van der Waals surface area contributed by atoms with Crippen molar-refractivity contribution in [1.29, 1.82) is 0 Å². The minimum atomic E-state index is -3.65. The van der Waals surface area contributed by atoms with Crippen LogP contribution in [0.5, 0.6) is 0 Å². The summed E-state index contributed by atoms with van der Waals surface area (Å²) in [4.78, 5) is 26.4. The van der Waals surface area contributed by atoms with Gasteiger partial charge in [-0.05, 0) is 39.5 Å². The van der Waals surface area contributed by atoms with Crippen LogP contribution in [-0.4, -0.2) is 62.3 Å². The van der Waals surface area contributed by atoms with Crippen LogP contribution in [0.3, 0.4) is 0 Å². The van der Waals surface area contributed by atoms with E-state index in [1.54, 1.807) is 13.8 Å². The van der Waals surface area contributed by atoms with Crippen molar-refractivity contribution < 1.29 is 27.2 Å². The van der Waals surface area contributed by atoms with Gasteiger partial charge in [-0.1, -0.05) is 0 Å². The van der Waals surface area contributed by atoms with Crippen LogP contribution in [0.2, 0.25) is 0 Å². The fourth-order valence-electron chi connectivity index (χ4n) is 3.66. The van der Waals surface area contributed by atoms with E-state index in [4.69, 9.17) is 9.15 Å². The number of furan rings is 1. The topological polar surface area (TPSA) is 97.1 Å². The molecule has 3 rings (SSSR count). The van der Waals surface area contributed by atoms with E-state index in [9.17, 15) is 18.0 Å². The molecule has 0 aromatic carbocycles. The molecule has 9 heteroatoms. The van der Waals surface area contributed by atoms with E-state index in [0.29, 0.717) is 39.1 Å². The Labute approximate surface area is 159 Å². The summed E-state index contributed by atoms with van der Waals surface area (Å²) in [5, 5.41) is 0. The minimum absolute atomic E-state index is 0.00483. The maximum absolute atomic E-state index is 12.8. The Morgan fingerprint density at radius 1 is 1.22 bits per heavy atom. The van der Waals surface area contributed by atoms with Crippen molar-refractivity contribution in [2.24, 2.45) is 5.92 Å². The maximum atomic E-state index is 12.8. The molecule has 1 amide bonds. The van der Waals surface area contributed by atoms with Gasteiger partial charge in [0, 0.05) is 32.2 Å². The number of nitrogens with zero attached hydrogens (tertiary/aromatic N) is 2. The van der Waals surface area contributed by atoms with Gasteiger partial charge in [0.05, 0.1) is 12.5 Å². The summed E-state index contributed by atoms with van der Waals surface area (Å²) in [6, 6.07) is 1.32. The van der Waals surface area contributed by atoms with Crippen LogP contribution in [0.1, 0.15) is 48.9 Å². The summed E-state index contributed by atoms with van der Waals surface area (Å²) in [7, 11) is -3.65. The van der Waals surface area contributed by atoms with Gasteiger partial charge in [0.25, 0.3) is 5.91 Å². The minimum Gasteiger partial charge on any atom is -0.466 e. The van der Waals surface area contributed by atoms with Gasteiger partial charge in [-0.2, -0.15) is 4.31 Å². The number of piperidine rings is 1. The molecule has 0 N–H and O–H groups in total. The molecule has 2 aliphatic heterocycles. The van der Waals surface area contributed by atoms with Gasteiger partial charge in [-0.3, -0.25) is 9.59 Å². The van der Waals surface area contributed by atoms with Crippen molar-refractivity contribution in [3.05, 3.63) is 17.6 Å². The highest BCUT2D eigenvalue weighted by atomic mass is 32.2. The summed E-state index contributed by atoms with van der Waals surface area (Å²) in [6.45, 7) is 5.34. The smallest absolute Gasteiger partial charge is 0.310 e. The summed E-state index contributed by atoms with van der Waals surface area (Å²) < 4.78 is 37.5. The van der Waals surface area contributed by atoms with Gasteiger partial charge in [-0.15, -0.1) is 0 Å². The number of likely N-dealkylation sites (tertiary alicyclic amines) is 1. The van der Waals surface area contributed by atoms with Crippen LogP contribution in [0.15, 0.2) is 15.4 Å². The number of carbonyl (C=O) groups excluding carboxylic acids is 2. The van der Waals surface area contributed by atoms with Crippen LogP contribution in [0, 0.1) is 12.8 Å². The van der Waals surface area contributed by atoms with Gasteiger partial charge in [0.1, 0.15) is 10.7 Å². The lowest BCUT2D eigenvalue weighted by molar-refractivity contribution is -0.149. The van der Waals surface area contributed by atoms with Crippen LogP contribution < -0.4 is 0 Å². The van der Waals surface area contributed by atoms with Crippen molar-refractivity contribution in [3.8, 4) is 0 Å². The number of esters is 1. The van der Waals surface area contributed by atoms with Crippen LogP contribution in [-0.2, 0) is 19.6 Å². The third-order valence-corrected chi connectivity index (χ3v) is 7.10. The highest BCUT2D eigenvalue weighted by Gasteiger charge is 2.34. The summed E-state index contributed by atoms with van der Waals surface area (Å²) in [5.41, 5.74) is 0. The molecule has 2 aliphatic rings. The van der Waals surface area contributed by atoms with E-state index >= 15 is 0 Å². The number of rotatable bonds is 5. The van der Waals surface area contributed by atoms with E-state index in [1.807, 2.05) is 0 Å². The Balaban J connectivity index is 1.77. The molecule has 1 aromatic heterocycles. The second-order valence-electron chi connectivity index (χ2n) is 6.98. The first-order valence-corrected chi connectivity index (χ1v) is 10.8. The first-order chi connectivity index (χ1) is 12.8. The third-order valence-electron chi connectivity index (χ3n) is 5.09. The second kappa shape index (κ2) is 8.02. The molecule has 0 radical (unpaired) electrons. The Bertz CT molecular complexity index is 810. The van der Waals surface area contributed by atoms with Gasteiger partial charge in [-0.25, -0.2) is 8.42 Å². The van der Waals surface area contributed by atoms with Crippen molar-refractivity contribution in [3.63, 3.8) is 0 Å². The normalized spacial score (nSPS) is 21.4. The van der Waals surface area contributed by atoms with Gasteiger partial charge in [0.15, 0.2) is 5.76 Å². The zero-order chi connectivity index (χ0) is 19.6. The van der Waals surface area contributed by atoms with Gasteiger partial charge >= 0.3 is 5.97 Å². The molecule has 3 heterocycles. The molecular weight excluding hydrogens is 372 g/mol. The lowest BCUT2D eigenvalue weighted by Crippen LogP contribution is -2.42. The summed E-state index contributed by atoms with van der Waals surface area (Å²) >= 11 is 0. The second-order valence-corrected chi connectivity index (χ2v) is 8.89. The number of amides is 1. The van der Waals surface area contributed by atoms with E-state index in [2.05, 4.69) is 0 Å². The fourth-order valence-corrected chi connectivity index (χ4v) is 5.34. The SMILES string of the molecule is CCOC(=O)[C@@H]1CCCN(C(=O)c2cc(S(=O)(=O)N3CCCC3)c(C)o2)C1. The predicted octanol–water partition coefficient (Wildman–Crippen LogP) is 1.79. The first-order valence-electron chi connectivity index (χ1n) is 9.41. The first kappa shape index (κ1) is 19.9. The van der Waals surface area contributed by atoms with E-state index in [-0.39, 0.29) is 34.8 Å². The lowest BCUT2D eigenvalue weighted by atomic mass is 9.98. The van der Waals surface area contributed by atoms with Crippen LogP contribution >= 0.6 is 0 Å². The molecule has 2 saturated heterocycles. The third kappa shape index (κ3) is 4.03. The molecule has 8 nitrogen and oxygen atoms in total. The average molecular weight is 398 g/mol. The molecule has 0 unspecified atom stereocenters. The number of carbonyl (C=O) groups is 2. The summed E-state index contributed by atoms with van der Waals surface area (Å²) in [6.07, 6.45) is 3.04. The molecular formula is C18H26N2O6S. The van der Waals surface area contributed by atoms with Crippen LogP contribution in [0.25, 0.3) is 0 Å². The molecule has 27 heavy (non-hydrogen) atoms. The summed E-state index contributed by atoms with van der Waals surface area (Å²) in [5.74, 6) is -0.844. The van der Waals surface area contributed by atoms with Crippen LogP contribution in [0.4, 0.5) is 0 Å². The predicted molar refractivity (Wildman–Crippen MR) is 96.7 cm³/mol. The van der Waals surface area contributed by atoms with E-state index in [0.717, 1.165) is 12.8 Å². The fraction of sp³-hybridized carbons (Fsp3) is 0.667. The Morgan fingerprint density at radius 2 is 1.93 bits per heavy atom. The zero-order valence-electron chi connectivity index (χ0n) is 15.8. The average Bonchev–Trinajstić information content (AvgIpc) is 3.32. The molecule has 1 aromatic rings. The Morgan fingerprint density at radius 3 is 2.59 bits per heavy atom. The number of ether oxygens (including phenoxy) is 1. The lowest BCUT2D eigenvalue weighted by Gasteiger charge is -2.30. The molecule has 0 spiro atoms. The number of sulfonamides is 1. The largest absolute Gasteiger partial charge is 0.466 e. The van der Waals surface area contributed by atoms with Crippen molar-refractivity contribution in [1.82, 2.24) is 9.21 Å². The number of hydrogen-bond acceptors (Lipinski definition) is 6. The number of hydrogen-bond donors (Lipinski definition) is 0. The quantitative estimate of drug-likeness (QED) is 0.702. The monoisotopic (exact) mass is 398 g/mol. The Hall–Kier alpha value is -1.87. The van der Waals surface area contributed by atoms with Crippen molar-refractivity contribution in [2.45, 2.75) is 44.4 Å². The highest BCUT2D eigenvalue weighted by molar-refractivity contribution is 7.89. The number of aryl methyl sites for hydroxylation is 1. The van der Waals surface area contributed by atoms with E-state index in [1.165, 1.54) is 15.3 Å². The molecule has 0 aliphatic carbocycles. The van der Waals surface area contributed by atoms with Crippen molar-refractivity contribution in [2.75, 3.05) is 32.8 Å². The molecule has 150 valence electrons. The standard InChI is InChI=1S/C18H26N2O6S/c1-3-25-18(22)14-7-6-8-19(12-14)17(21)15-11-16(13(2)26-15)27(23,24)20-9-4-5-10-20/h11,14H,3-10,12H2,1-2H3/t14-/m1/s1. The molecule has 2 fully saturated rings. The van der Waals surface area contributed by atoms with E-state index < -0.39 is 15.9 Å². The van der Waals surface area contributed by atoms with Gasteiger partial charge in [0.2, 0.25) is 10.0 Å².